The van der Waals surface area contributed by atoms with E-state index in [1.807, 2.05) is 0 Å². The van der Waals surface area contributed by atoms with Crippen LogP contribution in [0.3, 0.4) is 0 Å². The molecule has 1 aromatic carbocycles. The second kappa shape index (κ2) is 7.54. The summed E-state index contributed by atoms with van der Waals surface area (Å²) < 4.78 is 64.8. The van der Waals surface area contributed by atoms with Crippen molar-refractivity contribution in [3.8, 4) is 0 Å². The molecule has 2 aliphatic rings. The van der Waals surface area contributed by atoms with E-state index in [1.54, 1.807) is 0 Å². The van der Waals surface area contributed by atoms with Crippen LogP contribution in [0.4, 0.5) is 13.2 Å². The Bertz CT molecular complexity index is 796. The molecule has 152 valence electrons. The van der Waals surface area contributed by atoms with Crippen LogP contribution in [0.15, 0.2) is 23.1 Å². The molecule has 0 amide bonds. The summed E-state index contributed by atoms with van der Waals surface area (Å²) in [7, 11) is -3.88. The van der Waals surface area contributed by atoms with Gasteiger partial charge in [-0.1, -0.05) is 25.4 Å². The lowest BCUT2D eigenvalue weighted by Gasteiger charge is -2.30. The Morgan fingerprint density at radius 1 is 1.19 bits per heavy atom. The molecule has 1 aromatic rings. The summed E-state index contributed by atoms with van der Waals surface area (Å²) in [5.74, 6) is 0.164. The number of nitrogens with zero attached hydrogens (tertiary/aromatic N) is 1. The fourth-order valence-electron chi connectivity index (χ4n) is 4.67. The Labute approximate surface area is 163 Å². The number of sulfone groups is 1. The lowest BCUT2D eigenvalue weighted by atomic mass is 9.96. The van der Waals surface area contributed by atoms with Gasteiger partial charge in [0.2, 0.25) is 0 Å². The maximum absolute atomic E-state index is 13.1. The molecule has 1 N–H and O–H groups in total. The molecule has 1 aliphatic heterocycles. The van der Waals surface area contributed by atoms with E-state index < -0.39 is 27.0 Å². The smallest absolute Gasteiger partial charge is 0.301 e. The van der Waals surface area contributed by atoms with Crippen LogP contribution >= 0.6 is 11.6 Å². The molecular weight excluding hydrogens is 401 g/mol. The number of alkyl halides is 3. The highest BCUT2D eigenvalue weighted by molar-refractivity contribution is 7.92. The third-order valence-electron chi connectivity index (χ3n) is 5.96. The Hall–Kier alpha value is -0.830. The first-order valence-corrected chi connectivity index (χ1v) is 11.1. The first-order chi connectivity index (χ1) is 12.6. The van der Waals surface area contributed by atoms with Crippen LogP contribution in [-0.4, -0.2) is 44.4 Å². The standard InChI is InChI=1S/C18H24ClF3N2O2S/c1-3-24(4-2)15-7-6-12-13(15)10-23-17(12)27(25,26)16-8-5-11(9-14(16)19)18(20,21)22/h5,8-9,12-13,15,17,23H,3-4,6-7,10H2,1-2H3. The summed E-state index contributed by atoms with van der Waals surface area (Å²) >= 11 is 5.95. The molecule has 1 aliphatic carbocycles. The zero-order valence-electron chi connectivity index (χ0n) is 15.3. The van der Waals surface area contributed by atoms with Gasteiger partial charge in [-0.2, -0.15) is 13.2 Å². The van der Waals surface area contributed by atoms with Gasteiger partial charge < -0.3 is 10.2 Å². The van der Waals surface area contributed by atoms with E-state index in [0.717, 1.165) is 38.1 Å². The molecule has 4 nitrogen and oxygen atoms in total. The fourth-order valence-corrected chi connectivity index (χ4v) is 7.15. The van der Waals surface area contributed by atoms with Gasteiger partial charge in [0.1, 0.15) is 5.37 Å². The summed E-state index contributed by atoms with van der Waals surface area (Å²) in [6.07, 6.45) is -2.85. The summed E-state index contributed by atoms with van der Waals surface area (Å²) in [6.45, 7) is 6.60. The third-order valence-corrected chi connectivity index (χ3v) is 8.54. The normalized spacial score (nSPS) is 28.7. The summed E-state index contributed by atoms with van der Waals surface area (Å²) in [5, 5.41) is 1.92. The van der Waals surface area contributed by atoms with Gasteiger partial charge in [-0.15, -0.1) is 0 Å². The SMILES string of the molecule is CCN(CC)C1CCC2C1CNC2S(=O)(=O)c1ccc(C(F)(F)F)cc1Cl. The second-order valence-corrected chi connectivity index (χ2v) is 9.66. The van der Waals surface area contributed by atoms with Crippen molar-refractivity contribution in [3.05, 3.63) is 28.8 Å². The Kier molecular flexibility index (Phi) is 5.83. The highest BCUT2D eigenvalue weighted by Crippen LogP contribution is 2.44. The molecule has 0 radical (unpaired) electrons. The summed E-state index contributed by atoms with van der Waals surface area (Å²) in [6, 6.07) is 2.78. The molecule has 2 fully saturated rings. The van der Waals surface area contributed by atoms with E-state index in [9.17, 15) is 21.6 Å². The van der Waals surface area contributed by atoms with Crippen LogP contribution in [0.5, 0.6) is 0 Å². The molecule has 4 atom stereocenters. The van der Waals surface area contributed by atoms with Gasteiger partial charge in [0.05, 0.1) is 15.5 Å². The number of hydrogen-bond acceptors (Lipinski definition) is 4. The fraction of sp³-hybridized carbons (Fsp3) is 0.667. The van der Waals surface area contributed by atoms with Crippen LogP contribution in [0.25, 0.3) is 0 Å². The number of fused-ring (bicyclic) bond motifs is 1. The van der Waals surface area contributed by atoms with E-state index in [0.29, 0.717) is 18.7 Å². The van der Waals surface area contributed by atoms with Gasteiger partial charge in [-0.05, 0) is 56.0 Å². The lowest BCUT2D eigenvalue weighted by molar-refractivity contribution is -0.137. The summed E-state index contributed by atoms with van der Waals surface area (Å²) in [4.78, 5) is 2.12. The first kappa shape index (κ1) is 20.9. The van der Waals surface area contributed by atoms with Gasteiger partial charge >= 0.3 is 6.18 Å². The topological polar surface area (TPSA) is 49.4 Å². The van der Waals surface area contributed by atoms with Gasteiger partial charge in [-0.25, -0.2) is 8.42 Å². The third kappa shape index (κ3) is 3.73. The van der Waals surface area contributed by atoms with Crippen molar-refractivity contribution in [2.24, 2.45) is 11.8 Å². The molecule has 9 heteroatoms. The minimum atomic E-state index is -4.56. The predicted octanol–water partition coefficient (Wildman–Crippen LogP) is 3.80. The van der Waals surface area contributed by atoms with Crippen LogP contribution in [-0.2, 0) is 16.0 Å². The average molecular weight is 425 g/mol. The number of rotatable bonds is 5. The van der Waals surface area contributed by atoms with E-state index in [2.05, 4.69) is 24.1 Å². The second-order valence-electron chi connectivity index (χ2n) is 7.21. The Balaban J connectivity index is 1.87. The Morgan fingerprint density at radius 2 is 1.85 bits per heavy atom. The van der Waals surface area contributed by atoms with Gasteiger partial charge in [0.25, 0.3) is 0 Å². The number of hydrogen-bond donors (Lipinski definition) is 1. The number of nitrogens with one attached hydrogen (secondary N) is 1. The first-order valence-electron chi connectivity index (χ1n) is 9.19. The van der Waals surface area contributed by atoms with Crippen molar-refractivity contribution >= 4 is 21.4 Å². The van der Waals surface area contributed by atoms with E-state index in [1.165, 1.54) is 0 Å². The maximum atomic E-state index is 13.1. The van der Waals surface area contributed by atoms with Crippen molar-refractivity contribution in [1.29, 1.82) is 0 Å². The molecule has 4 unspecified atom stereocenters. The van der Waals surface area contributed by atoms with Gasteiger partial charge in [0.15, 0.2) is 9.84 Å². The van der Waals surface area contributed by atoms with Crippen molar-refractivity contribution in [1.82, 2.24) is 10.2 Å². The molecule has 0 aromatic heterocycles. The quantitative estimate of drug-likeness (QED) is 0.781. The van der Waals surface area contributed by atoms with Crippen molar-refractivity contribution in [2.75, 3.05) is 19.6 Å². The van der Waals surface area contributed by atoms with Crippen molar-refractivity contribution in [3.63, 3.8) is 0 Å². The van der Waals surface area contributed by atoms with E-state index in [4.69, 9.17) is 11.6 Å². The van der Waals surface area contributed by atoms with Gasteiger partial charge in [-0.3, -0.25) is 0 Å². The zero-order chi connectivity index (χ0) is 20.0. The molecule has 1 saturated carbocycles. The van der Waals surface area contributed by atoms with Crippen LogP contribution in [0, 0.1) is 11.8 Å². The van der Waals surface area contributed by atoms with Crippen LogP contribution in [0.1, 0.15) is 32.3 Å². The largest absolute Gasteiger partial charge is 0.416 e. The minimum Gasteiger partial charge on any atom is -0.301 e. The Morgan fingerprint density at radius 3 is 2.41 bits per heavy atom. The molecule has 0 bridgehead atoms. The highest BCUT2D eigenvalue weighted by Gasteiger charge is 2.51. The highest BCUT2D eigenvalue weighted by atomic mass is 35.5. The molecular formula is C18H24ClF3N2O2S. The monoisotopic (exact) mass is 424 g/mol. The zero-order valence-corrected chi connectivity index (χ0v) is 16.8. The molecule has 3 rings (SSSR count). The number of halogens is 4. The van der Waals surface area contributed by atoms with Crippen molar-refractivity contribution < 1.29 is 21.6 Å². The summed E-state index contributed by atoms with van der Waals surface area (Å²) in [5.41, 5.74) is -0.953. The molecule has 0 spiro atoms. The van der Waals surface area contributed by atoms with Crippen LogP contribution in [0.2, 0.25) is 5.02 Å². The van der Waals surface area contributed by atoms with Crippen LogP contribution < -0.4 is 5.32 Å². The molecule has 1 saturated heterocycles. The van der Waals surface area contributed by atoms with E-state index >= 15 is 0 Å². The predicted molar refractivity (Wildman–Crippen MR) is 98.4 cm³/mol. The lowest BCUT2D eigenvalue weighted by Crippen LogP contribution is -2.39. The minimum absolute atomic E-state index is 0.0565. The maximum Gasteiger partial charge on any atom is 0.416 e. The van der Waals surface area contributed by atoms with E-state index in [-0.39, 0.29) is 21.8 Å². The van der Waals surface area contributed by atoms with Gasteiger partial charge in [0, 0.05) is 12.6 Å². The average Bonchev–Trinajstić information content (AvgIpc) is 3.17. The van der Waals surface area contributed by atoms with Crippen molar-refractivity contribution in [2.45, 2.75) is 49.2 Å². The number of benzene rings is 1. The molecule has 1 heterocycles. The molecule has 27 heavy (non-hydrogen) atoms.